The SMILES string of the molecule is COC(=O)c1ccc(N2CCN(C(=O)c3cnc(C)cn3)[C@@H](C)C2)cc1. The van der Waals surface area contributed by atoms with E-state index in [1.165, 1.54) is 13.3 Å². The van der Waals surface area contributed by atoms with E-state index in [1.807, 2.05) is 30.9 Å². The highest BCUT2D eigenvalue weighted by Crippen LogP contribution is 2.21. The average Bonchev–Trinajstić information content (AvgIpc) is 2.67. The summed E-state index contributed by atoms with van der Waals surface area (Å²) in [5.74, 6) is -0.440. The first kappa shape index (κ1) is 17.8. The van der Waals surface area contributed by atoms with E-state index in [2.05, 4.69) is 14.9 Å². The van der Waals surface area contributed by atoms with E-state index in [-0.39, 0.29) is 17.9 Å². The lowest BCUT2D eigenvalue weighted by molar-refractivity contribution is 0.0599. The lowest BCUT2D eigenvalue weighted by Gasteiger charge is -2.40. The predicted octanol–water partition coefficient (Wildman–Crippen LogP) is 1.92. The third kappa shape index (κ3) is 3.66. The molecule has 1 amide bonds. The Hall–Kier alpha value is -2.96. The van der Waals surface area contributed by atoms with Crippen LogP contribution in [0, 0.1) is 6.92 Å². The molecule has 0 spiro atoms. The first-order chi connectivity index (χ1) is 12.5. The van der Waals surface area contributed by atoms with Gasteiger partial charge in [0.1, 0.15) is 5.69 Å². The summed E-state index contributed by atoms with van der Waals surface area (Å²) in [5.41, 5.74) is 2.70. The fraction of sp³-hybridized carbons (Fsp3) is 0.368. The van der Waals surface area contributed by atoms with E-state index in [0.29, 0.717) is 30.9 Å². The molecule has 3 rings (SSSR count). The Morgan fingerprint density at radius 2 is 1.85 bits per heavy atom. The summed E-state index contributed by atoms with van der Waals surface area (Å²) in [4.78, 5) is 36.6. The van der Waals surface area contributed by atoms with Crippen molar-refractivity contribution in [2.75, 3.05) is 31.6 Å². The lowest BCUT2D eigenvalue weighted by Crippen LogP contribution is -2.54. The molecule has 1 saturated heterocycles. The molecular weight excluding hydrogens is 332 g/mol. The summed E-state index contributed by atoms with van der Waals surface area (Å²) in [6.07, 6.45) is 3.14. The lowest BCUT2D eigenvalue weighted by atomic mass is 10.1. The molecule has 1 aromatic heterocycles. The van der Waals surface area contributed by atoms with Crippen molar-refractivity contribution in [3.8, 4) is 0 Å². The maximum absolute atomic E-state index is 12.7. The Bertz CT molecular complexity index is 789. The van der Waals surface area contributed by atoms with Crippen LogP contribution in [0.4, 0.5) is 5.69 Å². The van der Waals surface area contributed by atoms with Crippen molar-refractivity contribution in [1.29, 1.82) is 0 Å². The minimum Gasteiger partial charge on any atom is -0.465 e. The Balaban J connectivity index is 1.67. The number of ether oxygens (including phenoxy) is 1. The number of anilines is 1. The van der Waals surface area contributed by atoms with Gasteiger partial charge in [0.25, 0.3) is 5.91 Å². The Kier molecular flexibility index (Phi) is 5.16. The molecule has 7 nitrogen and oxygen atoms in total. The number of carbonyl (C=O) groups is 2. The van der Waals surface area contributed by atoms with E-state index in [4.69, 9.17) is 4.74 Å². The van der Waals surface area contributed by atoms with Crippen LogP contribution in [-0.4, -0.2) is 59.5 Å². The van der Waals surface area contributed by atoms with Crippen molar-refractivity contribution >= 4 is 17.6 Å². The largest absolute Gasteiger partial charge is 0.465 e. The molecule has 2 heterocycles. The van der Waals surface area contributed by atoms with Gasteiger partial charge in [-0.2, -0.15) is 0 Å². The number of benzene rings is 1. The first-order valence-corrected chi connectivity index (χ1v) is 8.52. The molecule has 0 saturated carbocycles. The second kappa shape index (κ2) is 7.51. The normalized spacial score (nSPS) is 17.1. The summed E-state index contributed by atoms with van der Waals surface area (Å²) in [6.45, 7) is 5.90. The minimum absolute atomic E-state index is 0.0413. The molecule has 1 aliphatic heterocycles. The third-order valence-corrected chi connectivity index (χ3v) is 4.54. The number of hydrogen-bond donors (Lipinski definition) is 0. The van der Waals surface area contributed by atoms with Gasteiger partial charge >= 0.3 is 5.97 Å². The van der Waals surface area contributed by atoms with Crippen molar-refractivity contribution in [2.45, 2.75) is 19.9 Å². The van der Waals surface area contributed by atoms with Crippen LogP contribution >= 0.6 is 0 Å². The van der Waals surface area contributed by atoms with Gasteiger partial charge in [-0.05, 0) is 38.1 Å². The molecule has 136 valence electrons. The molecule has 0 N–H and O–H groups in total. The van der Waals surface area contributed by atoms with Crippen molar-refractivity contribution in [2.24, 2.45) is 0 Å². The molecule has 1 aliphatic rings. The number of methoxy groups -OCH3 is 1. The van der Waals surface area contributed by atoms with Gasteiger partial charge in [-0.3, -0.25) is 9.78 Å². The third-order valence-electron chi connectivity index (χ3n) is 4.54. The van der Waals surface area contributed by atoms with Crippen LogP contribution in [0.1, 0.15) is 33.5 Å². The van der Waals surface area contributed by atoms with Crippen LogP contribution in [0.3, 0.4) is 0 Å². The monoisotopic (exact) mass is 354 g/mol. The molecule has 0 unspecified atom stereocenters. The zero-order valence-electron chi connectivity index (χ0n) is 15.2. The number of nitrogens with zero attached hydrogens (tertiary/aromatic N) is 4. The van der Waals surface area contributed by atoms with Crippen LogP contribution in [0.25, 0.3) is 0 Å². The van der Waals surface area contributed by atoms with E-state index in [0.717, 1.165) is 11.4 Å². The van der Waals surface area contributed by atoms with E-state index in [1.54, 1.807) is 18.3 Å². The molecule has 0 radical (unpaired) electrons. The zero-order chi connectivity index (χ0) is 18.7. The summed E-state index contributed by atoms with van der Waals surface area (Å²) >= 11 is 0. The molecule has 26 heavy (non-hydrogen) atoms. The van der Waals surface area contributed by atoms with E-state index < -0.39 is 0 Å². The van der Waals surface area contributed by atoms with Crippen molar-refractivity contribution in [3.05, 3.63) is 53.6 Å². The number of piperazine rings is 1. The second-order valence-corrected chi connectivity index (χ2v) is 6.38. The fourth-order valence-electron chi connectivity index (χ4n) is 3.07. The minimum atomic E-state index is -0.348. The number of hydrogen-bond acceptors (Lipinski definition) is 6. The van der Waals surface area contributed by atoms with E-state index in [9.17, 15) is 9.59 Å². The Labute approximate surface area is 152 Å². The highest BCUT2D eigenvalue weighted by Gasteiger charge is 2.29. The van der Waals surface area contributed by atoms with Crippen molar-refractivity contribution in [1.82, 2.24) is 14.9 Å². The average molecular weight is 354 g/mol. The summed E-state index contributed by atoms with van der Waals surface area (Å²) < 4.78 is 4.72. The highest BCUT2D eigenvalue weighted by molar-refractivity contribution is 5.92. The molecule has 2 aromatic rings. The molecular formula is C19H22N4O3. The number of aromatic nitrogens is 2. The Morgan fingerprint density at radius 3 is 2.42 bits per heavy atom. The van der Waals surface area contributed by atoms with Crippen LogP contribution in [-0.2, 0) is 4.74 Å². The van der Waals surface area contributed by atoms with Crippen molar-refractivity contribution in [3.63, 3.8) is 0 Å². The summed E-state index contributed by atoms with van der Waals surface area (Å²) in [7, 11) is 1.37. The van der Waals surface area contributed by atoms with Crippen LogP contribution in [0.5, 0.6) is 0 Å². The Morgan fingerprint density at radius 1 is 1.12 bits per heavy atom. The number of amides is 1. The topological polar surface area (TPSA) is 75.6 Å². The first-order valence-electron chi connectivity index (χ1n) is 8.52. The van der Waals surface area contributed by atoms with Crippen LogP contribution in [0.15, 0.2) is 36.7 Å². The number of aryl methyl sites for hydroxylation is 1. The van der Waals surface area contributed by atoms with Crippen LogP contribution < -0.4 is 4.90 Å². The molecule has 7 heteroatoms. The summed E-state index contributed by atoms with van der Waals surface area (Å²) in [5, 5.41) is 0. The van der Waals surface area contributed by atoms with Gasteiger partial charge in [-0.1, -0.05) is 0 Å². The zero-order valence-corrected chi connectivity index (χ0v) is 15.2. The summed E-state index contributed by atoms with van der Waals surface area (Å²) in [6, 6.07) is 7.36. The quantitative estimate of drug-likeness (QED) is 0.784. The smallest absolute Gasteiger partial charge is 0.337 e. The van der Waals surface area contributed by atoms with Crippen LogP contribution in [0.2, 0.25) is 0 Å². The van der Waals surface area contributed by atoms with Gasteiger partial charge in [0, 0.05) is 37.6 Å². The van der Waals surface area contributed by atoms with E-state index >= 15 is 0 Å². The van der Waals surface area contributed by atoms with Gasteiger partial charge in [0.15, 0.2) is 0 Å². The molecule has 0 aliphatic carbocycles. The number of rotatable bonds is 3. The molecule has 1 atom stereocenters. The van der Waals surface area contributed by atoms with Gasteiger partial charge in [-0.15, -0.1) is 0 Å². The molecule has 1 fully saturated rings. The highest BCUT2D eigenvalue weighted by atomic mass is 16.5. The van der Waals surface area contributed by atoms with Gasteiger partial charge in [0.2, 0.25) is 0 Å². The predicted molar refractivity (Wildman–Crippen MR) is 97.3 cm³/mol. The molecule has 0 bridgehead atoms. The maximum atomic E-state index is 12.7. The fourth-order valence-corrected chi connectivity index (χ4v) is 3.07. The molecule has 1 aromatic carbocycles. The standard InChI is InChI=1S/C19H22N4O3/c1-13-10-21-17(11-20-13)18(24)23-9-8-22(12-14(23)2)16-6-4-15(5-7-16)19(25)26-3/h4-7,10-11,14H,8-9,12H2,1-3H3/t14-/m0/s1. The van der Waals surface area contributed by atoms with Crippen molar-refractivity contribution < 1.29 is 14.3 Å². The second-order valence-electron chi connectivity index (χ2n) is 6.38. The number of esters is 1. The van der Waals surface area contributed by atoms with Gasteiger partial charge < -0.3 is 14.5 Å². The maximum Gasteiger partial charge on any atom is 0.337 e. The van der Waals surface area contributed by atoms with Gasteiger partial charge in [-0.25, -0.2) is 9.78 Å². The van der Waals surface area contributed by atoms with Gasteiger partial charge in [0.05, 0.1) is 24.6 Å². The number of carbonyl (C=O) groups excluding carboxylic acids is 2.